The van der Waals surface area contributed by atoms with E-state index in [1.54, 1.807) is 22.8 Å². The van der Waals surface area contributed by atoms with Gasteiger partial charge in [0.05, 0.1) is 6.54 Å². The van der Waals surface area contributed by atoms with E-state index in [9.17, 15) is 14.0 Å². The van der Waals surface area contributed by atoms with Gasteiger partial charge in [0.25, 0.3) is 0 Å². The first-order valence-electron chi connectivity index (χ1n) is 10.3. The summed E-state index contributed by atoms with van der Waals surface area (Å²) in [5.74, 6) is -0.476. The number of hydrogen-bond acceptors (Lipinski definition) is 4. The normalized spacial score (nSPS) is 20.0. The van der Waals surface area contributed by atoms with Crippen molar-refractivity contribution < 1.29 is 14.0 Å². The van der Waals surface area contributed by atoms with Crippen LogP contribution in [0, 0.1) is 24.2 Å². The number of halogens is 1. The molecular formula is C21H27FN6O2. The Morgan fingerprint density at radius 3 is 2.70 bits per heavy atom. The molecule has 1 aromatic rings. The summed E-state index contributed by atoms with van der Waals surface area (Å²) in [5, 5.41) is 14.5. The highest BCUT2D eigenvalue weighted by Crippen LogP contribution is 2.18. The zero-order chi connectivity index (χ0) is 21.5. The van der Waals surface area contributed by atoms with Gasteiger partial charge in [-0.2, -0.15) is 5.26 Å². The van der Waals surface area contributed by atoms with Gasteiger partial charge in [-0.1, -0.05) is 0 Å². The van der Waals surface area contributed by atoms with E-state index in [0.29, 0.717) is 24.2 Å². The molecule has 2 amide bonds. The van der Waals surface area contributed by atoms with Crippen molar-refractivity contribution in [2.75, 3.05) is 31.5 Å². The second-order valence-electron chi connectivity index (χ2n) is 7.66. The van der Waals surface area contributed by atoms with E-state index in [1.807, 2.05) is 6.19 Å². The minimum atomic E-state index is -0.692. The molecule has 160 valence electrons. The number of nitrogens with one attached hydrogen (secondary N) is 2. The molecule has 1 unspecified atom stereocenters. The maximum atomic E-state index is 13.4. The molecule has 0 spiro atoms. The zero-order valence-corrected chi connectivity index (χ0v) is 17.2. The highest BCUT2D eigenvalue weighted by atomic mass is 19.1. The van der Waals surface area contributed by atoms with Crippen LogP contribution in [0.25, 0.3) is 0 Å². The van der Waals surface area contributed by atoms with Gasteiger partial charge in [-0.25, -0.2) is 9.38 Å². The first kappa shape index (κ1) is 21.6. The molecule has 2 aliphatic rings. The van der Waals surface area contributed by atoms with Crippen molar-refractivity contribution in [1.29, 1.82) is 5.26 Å². The van der Waals surface area contributed by atoms with Crippen molar-refractivity contribution >= 4 is 23.5 Å². The zero-order valence-electron chi connectivity index (χ0n) is 17.2. The molecule has 0 aromatic heterocycles. The number of amides is 2. The Bertz CT molecular complexity index is 860. The van der Waals surface area contributed by atoms with Crippen LogP contribution in [-0.4, -0.2) is 59.8 Å². The number of guanidine groups is 1. The van der Waals surface area contributed by atoms with Gasteiger partial charge in [0.1, 0.15) is 11.9 Å². The molecule has 9 heteroatoms. The number of carbonyl (C=O) groups is 2. The van der Waals surface area contributed by atoms with Crippen molar-refractivity contribution in [3.63, 3.8) is 0 Å². The summed E-state index contributed by atoms with van der Waals surface area (Å²) in [7, 11) is 0. The predicted octanol–water partition coefficient (Wildman–Crippen LogP) is 1.98. The second kappa shape index (κ2) is 10.1. The number of nitriles is 1. The van der Waals surface area contributed by atoms with Crippen LogP contribution in [0.3, 0.4) is 0 Å². The number of anilines is 1. The van der Waals surface area contributed by atoms with E-state index in [-0.39, 0.29) is 30.1 Å². The molecule has 0 radical (unpaired) electrons. The van der Waals surface area contributed by atoms with Gasteiger partial charge in [0.2, 0.25) is 17.8 Å². The van der Waals surface area contributed by atoms with Crippen molar-refractivity contribution in [2.24, 2.45) is 4.99 Å². The lowest BCUT2D eigenvalue weighted by Gasteiger charge is -2.25. The number of aliphatic imine (C=N–C) groups is 1. The van der Waals surface area contributed by atoms with Gasteiger partial charge < -0.3 is 15.1 Å². The lowest BCUT2D eigenvalue weighted by molar-refractivity contribution is -0.140. The van der Waals surface area contributed by atoms with Crippen LogP contribution >= 0.6 is 0 Å². The molecule has 1 atom stereocenters. The van der Waals surface area contributed by atoms with E-state index in [4.69, 9.17) is 5.26 Å². The fraction of sp³-hybridized carbons (Fsp3) is 0.524. The Balaban J connectivity index is 1.74. The lowest BCUT2D eigenvalue weighted by atomic mass is 10.1. The minimum Gasteiger partial charge on any atom is -0.341 e. The van der Waals surface area contributed by atoms with E-state index in [1.165, 1.54) is 12.1 Å². The highest BCUT2D eigenvalue weighted by Gasteiger charge is 2.30. The number of benzene rings is 1. The summed E-state index contributed by atoms with van der Waals surface area (Å²) in [6.07, 6.45) is 5.96. The maximum absolute atomic E-state index is 13.4. The summed E-state index contributed by atoms with van der Waals surface area (Å²) in [5.41, 5.74) is 1.23. The molecule has 2 fully saturated rings. The minimum absolute atomic E-state index is 0.0269. The predicted molar refractivity (Wildman–Crippen MR) is 111 cm³/mol. The molecule has 30 heavy (non-hydrogen) atoms. The van der Waals surface area contributed by atoms with Gasteiger partial charge >= 0.3 is 0 Å². The fourth-order valence-electron chi connectivity index (χ4n) is 3.79. The van der Waals surface area contributed by atoms with E-state index in [2.05, 4.69) is 15.6 Å². The average Bonchev–Trinajstić information content (AvgIpc) is 3.20. The van der Waals surface area contributed by atoms with Crippen molar-refractivity contribution in [3.8, 4) is 6.19 Å². The van der Waals surface area contributed by atoms with Crippen LogP contribution in [-0.2, 0) is 9.59 Å². The van der Waals surface area contributed by atoms with E-state index >= 15 is 0 Å². The number of carbonyl (C=O) groups excluding carboxylic acids is 2. The topological polar surface area (TPSA) is 101 Å². The first-order valence-corrected chi connectivity index (χ1v) is 10.3. The summed E-state index contributed by atoms with van der Waals surface area (Å²) in [6, 6.07) is 3.54. The number of rotatable bonds is 4. The maximum Gasteiger partial charge on any atom is 0.247 e. The third-order valence-electron chi connectivity index (χ3n) is 5.44. The Labute approximate surface area is 175 Å². The van der Waals surface area contributed by atoms with E-state index < -0.39 is 6.04 Å². The van der Waals surface area contributed by atoms with E-state index in [0.717, 1.165) is 38.8 Å². The van der Waals surface area contributed by atoms with Crippen LogP contribution in [0.15, 0.2) is 23.2 Å². The fourth-order valence-corrected chi connectivity index (χ4v) is 3.79. The molecule has 1 aromatic carbocycles. The number of likely N-dealkylation sites (tertiary alicyclic amines) is 2. The average molecular weight is 414 g/mol. The SMILES string of the molecule is Cc1cc(F)ccc1NC(=NC1CCCCN(CC(=O)N2CCCC2)C1=O)NC#N. The summed E-state index contributed by atoms with van der Waals surface area (Å²) in [6.45, 7) is 3.82. The smallest absolute Gasteiger partial charge is 0.247 e. The molecule has 8 nitrogen and oxygen atoms in total. The molecule has 2 heterocycles. The summed E-state index contributed by atoms with van der Waals surface area (Å²) < 4.78 is 13.4. The van der Waals surface area contributed by atoms with Gasteiger partial charge in [0.15, 0.2) is 6.19 Å². The Hall–Kier alpha value is -3.15. The van der Waals surface area contributed by atoms with Crippen LogP contribution < -0.4 is 10.6 Å². The number of nitrogens with zero attached hydrogens (tertiary/aromatic N) is 4. The number of hydrogen-bond donors (Lipinski definition) is 2. The Morgan fingerprint density at radius 1 is 1.27 bits per heavy atom. The van der Waals surface area contributed by atoms with Crippen LogP contribution in [0.2, 0.25) is 0 Å². The molecule has 0 bridgehead atoms. The molecule has 3 rings (SSSR count). The van der Waals surface area contributed by atoms with Crippen LogP contribution in [0.1, 0.15) is 37.7 Å². The summed E-state index contributed by atoms with van der Waals surface area (Å²) >= 11 is 0. The van der Waals surface area contributed by atoms with Gasteiger partial charge in [0, 0.05) is 25.3 Å². The van der Waals surface area contributed by atoms with Gasteiger partial charge in [-0.15, -0.1) is 0 Å². The Kier molecular flexibility index (Phi) is 7.22. The van der Waals surface area contributed by atoms with Crippen molar-refractivity contribution in [2.45, 2.75) is 45.1 Å². The monoisotopic (exact) mass is 414 g/mol. The molecule has 2 N–H and O–H groups in total. The van der Waals surface area contributed by atoms with Crippen LogP contribution in [0.4, 0.5) is 10.1 Å². The second-order valence-corrected chi connectivity index (χ2v) is 7.66. The molecule has 2 aliphatic heterocycles. The first-order chi connectivity index (χ1) is 14.5. The Morgan fingerprint density at radius 2 is 2.00 bits per heavy atom. The largest absolute Gasteiger partial charge is 0.341 e. The van der Waals surface area contributed by atoms with Crippen molar-refractivity contribution in [3.05, 3.63) is 29.6 Å². The molecule has 0 saturated carbocycles. The standard InChI is InChI=1S/C21H27FN6O2/c1-15-12-16(22)7-8-17(15)25-21(24-14-23)26-18-6-2-3-11-28(20(18)30)13-19(29)27-9-4-5-10-27/h7-8,12,18H,2-6,9-11,13H2,1H3,(H2,24,25,26). The van der Waals surface area contributed by atoms with Crippen LogP contribution in [0.5, 0.6) is 0 Å². The van der Waals surface area contributed by atoms with Gasteiger partial charge in [-0.05, 0) is 62.8 Å². The number of aryl methyl sites for hydroxylation is 1. The summed E-state index contributed by atoms with van der Waals surface area (Å²) in [4.78, 5) is 33.4. The lowest BCUT2D eigenvalue weighted by Crippen LogP contribution is -2.45. The molecule has 0 aliphatic carbocycles. The molecule has 2 saturated heterocycles. The van der Waals surface area contributed by atoms with Crippen molar-refractivity contribution in [1.82, 2.24) is 15.1 Å². The molecular weight excluding hydrogens is 387 g/mol. The third kappa shape index (κ3) is 5.47. The highest BCUT2D eigenvalue weighted by molar-refractivity contribution is 5.97. The quantitative estimate of drug-likeness (QED) is 0.340. The van der Waals surface area contributed by atoms with Gasteiger partial charge in [-0.3, -0.25) is 14.9 Å². The third-order valence-corrected chi connectivity index (χ3v) is 5.44.